The molecule has 6 heteroatoms. The summed E-state index contributed by atoms with van der Waals surface area (Å²) in [6.45, 7) is 5.07. The molecule has 1 atom stereocenters. The fourth-order valence-electron chi connectivity index (χ4n) is 3.46. The van der Waals surface area contributed by atoms with Crippen molar-refractivity contribution in [2.45, 2.75) is 38.8 Å². The first-order chi connectivity index (χ1) is 13.5. The molecule has 0 radical (unpaired) electrons. The number of hydrogen-bond acceptors (Lipinski definition) is 3. The van der Waals surface area contributed by atoms with Crippen molar-refractivity contribution in [2.75, 3.05) is 13.1 Å². The van der Waals surface area contributed by atoms with E-state index in [0.717, 1.165) is 11.3 Å². The van der Waals surface area contributed by atoms with Gasteiger partial charge < -0.3 is 15.5 Å². The lowest BCUT2D eigenvalue weighted by molar-refractivity contribution is -0.126. The summed E-state index contributed by atoms with van der Waals surface area (Å²) in [6.07, 6.45) is 3.07. The molecule has 0 aliphatic carbocycles. The molecule has 1 saturated heterocycles. The van der Waals surface area contributed by atoms with Crippen molar-refractivity contribution in [1.82, 2.24) is 20.5 Å². The van der Waals surface area contributed by atoms with Crippen molar-refractivity contribution in [2.24, 2.45) is 5.92 Å². The molecule has 2 aromatic rings. The second-order valence-electron chi connectivity index (χ2n) is 7.47. The topological polar surface area (TPSA) is 74.3 Å². The first kappa shape index (κ1) is 19.9. The minimum absolute atomic E-state index is 0.0171. The third-order valence-corrected chi connectivity index (χ3v) is 4.97. The summed E-state index contributed by atoms with van der Waals surface area (Å²) < 4.78 is 0. The normalized spacial score (nSPS) is 15.9. The molecule has 6 nitrogen and oxygen atoms in total. The van der Waals surface area contributed by atoms with E-state index >= 15 is 0 Å². The van der Waals surface area contributed by atoms with E-state index < -0.39 is 0 Å². The molecule has 0 saturated carbocycles. The molecule has 2 N–H and O–H groups in total. The average Bonchev–Trinajstić information content (AvgIpc) is 2.72. The van der Waals surface area contributed by atoms with E-state index in [-0.39, 0.29) is 29.9 Å². The Kier molecular flexibility index (Phi) is 6.63. The van der Waals surface area contributed by atoms with Gasteiger partial charge in [-0.1, -0.05) is 36.4 Å². The number of rotatable bonds is 5. The van der Waals surface area contributed by atoms with Crippen LogP contribution in [0, 0.1) is 5.92 Å². The SMILES string of the molecule is CC(C)NC(=O)N1CCC(C(=O)NC(c2ccccc2)c2ccccn2)CC1. The maximum Gasteiger partial charge on any atom is 0.317 e. The van der Waals surface area contributed by atoms with Gasteiger partial charge in [-0.15, -0.1) is 0 Å². The fourth-order valence-corrected chi connectivity index (χ4v) is 3.46. The van der Waals surface area contributed by atoms with Crippen molar-refractivity contribution in [3.05, 3.63) is 66.0 Å². The van der Waals surface area contributed by atoms with Crippen LogP contribution >= 0.6 is 0 Å². The number of nitrogens with one attached hydrogen (secondary N) is 2. The van der Waals surface area contributed by atoms with Gasteiger partial charge >= 0.3 is 6.03 Å². The molecule has 1 aliphatic heterocycles. The molecule has 0 spiro atoms. The molecule has 148 valence electrons. The second-order valence-corrected chi connectivity index (χ2v) is 7.47. The summed E-state index contributed by atoms with van der Waals surface area (Å²) in [7, 11) is 0. The van der Waals surface area contributed by atoms with Crippen molar-refractivity contribution < 1.29 is 9.59 Å². The van der Waals surface area contributed by atoms with Gasteiger partial charge in [-0.25, -0.2) is 4.79 Å². The number of carbonyl (C=O) groups excluding carboxylic acids is 2. The molecule has 1 aromatic heterocycles. The van der Waals surface area contributed by atoms with Crippen molar-refractivity contribution >= 4 is 11.9 Å². The summed E-state index contributed by atoms with van der Waals surface area (Å²) in [5, 5.41) is 6.08. The van der Waals surface area contributed by atoms with Gasteiger partial charge in [0.2, 0.25) is 5.91 Å². The number of pyridine rings is 1. The molecule has 0 bridgehead atoms. The van der Waals surface area contributed by atoms with E-state index in [2.05, 4.69) is 15.6 Å². The van der Waals surface area contributed by atoms with Gasteiger partial charge in [-0.05, 0) is 44.4 Å². The highest BCUT2D eigenvalue weighted by Gasteiger charge is 2.29. The number of urea groups is 1. The molecule has 1 aliphatic rings. The zero-order chi connectivity index (χ0) is 19.9. The van der Waals surface area contributed by atoms with Gasteiger partial charge in [-0.2, -0.15) is 0 Å². The smallest absolute Gasteiger partial charge is 0.317 e. The molecule has 28 heavy (non-hydrogen) atoms. The third-order valence-electron chi connectivity index (χ3n) is 4.97. The maximum absolute atomic E-state index is 13.0. The largest absolute Gasteiger partial charge is 0.343 e. The number of nitrogens with zero attached hydrogens (tertiary/aromatic N) is 2. The number of benzene rings is 1. The molecule has 1 fully saturated rings. The highest BCUT2D eigenvalue weighted by molar-refractivity contribution is 5.80. The van der Waals surface area contributed by atoms with Crippen LogP contribution in [-0.4, -0.2) is 41.0 Å². The highest BCUT2D eigenvalue weighted by atomic mass is 16.2. The molecule has 2 heterocycles. The minimum atomic E-state index is -0.280. The van der Waals surface area contributed by atoms with Crippen LogP contribution in [0.25, 0.3) is 0 Å². The van der Waals surface area contributed by atoms with Crippen LogP contribution in [0.3, 0.4) is 0 Å². The zero-order valence-electron chi connectivity index (χ0n) is 16.5. The van der Waals surface area contributed by atoms with Crippen molar-refractivity contribution in [1.29, 1.82) is 0 Å². The number of amides is 3. The Hall–Kier alpha value is -2.89. The van der Waals surface area contributed by atoms with Crippen molar-refractivity contribution in [3.63, 3.8) is 0 Å². The predicted octanol–water partition coefficient (Wildman–Crippen LogP) is 3.12. The molecular weight excluding hydrogens is 352 g/mol. The summed E-state index contributed by atoms with van der Waals surface area (Å²) in [6, 6.07) is 15.4. The summed E-state index contributed by atoms with van der Waals surface area (Å²) in [5.74, 6) is -0.0820. The Bertz CT molecular complexity index is 732. The standard InChI is InChI=1S/C22H28N4O2/c1-16(2)24-22(28)26-14-11-18(12-15-26)21(27)25-20(17-8-4-3-5-9-17)19-10-6-7-13-23-19/h3-10,13,16,18,20H,11-12,14-15H2,1-2H3,(H,24,28)(H,25,27). The summed E-state index contributed by atoms with van der Waals surface area (Å²) in [4.78, 5) is 31.3. The Morgan fingerprint density at radius 3 is 2.29 bits per heavy atom. The Balaban J connectivity index is 1.64. The monoisotopic (exact) mass is 380 g/mol. The van der Waals surface area contributed by atoms with E-state index in [9.17, 15) is 9.59 Å². The molecule has 3 amide bonds. The average molecular weight is 380 g/mol. The van der Waals surface area contributed by atoms with Crippen LogP contribution in [-0.2, 0) is 4.79 Å². The van der Waals surface area contributed by atoms with Crippen molar-refractivity contribution in [3.8, 4) is 0 Å². The van der Waals surface area contributed by atoms with Gasteiger partial charge in [0.25, 0.3) is 0 Å². The first-order valence-electron chi connectivity index (χ1n) is 9.86. The van der Waals surface area contributed by atoms with Crippen LogP contribution in [0.5, 0.6) is 0 Å². The van der Waals surface area contributed by atoms with Crippen LogP contribution in [0.2, 0.25) is 0 Å². The van der Waals surface area contributed by atoms with Gasteiger partial charge in [0, 0.05) is 31.2 Å². The van der Waals surface area contributed by atoms with Crippen LogP contribution < -0.4 is 10.6 Å². The number of aromatic nitrogens is 1. The van der Waals surface area contributed by atoms with Crippen LogP contribution in [0.4, 0.5) is 4.79 Å². The van der Waals surface area contributed by atoms with Gasteiger partial charge in [0.1, 0.15) is 0 Å². The van der Waals surface area contributed by atoms with E-state index in [1.54, 1.807) is 11.1 Å². The highest BCUT2D eigenvalue weighted by Crippen LogP contribution is 2.23. The first-order valence-corrected chi connectivity index (χ1v) is 9.86. The summed E-state index contributed by atoms with van der Waals surface area (Å²) in [5.41, 5.74) is 1.82. The molecule has 3 rings (SSSR count). The molecule has 1 aromatic carbocycles. The third kappa shape index (κ3) is 5.09. The number of likely N-dealkylation sites (tertiary alicyclic amines) is 1. The van der Waals surface area contributed by atoms with E-state index in [4.69, 9.17) is 0 Å². The van der Waals surface area contributed by atoms with E-state index in [1.165, 1.54) is 0 Å². The lowest BCUT2D eigenvalue weighted by Crippen LogP contribution is -2.48. The molecular formula is C22H28N4O2. The number of hydrogen-bond donors (Lipinski definition) is 2. The number of carbonyl (C=O) groups is 2. The predicted molar refractivity (Wildman–Crippen MR) is 109 cm³/mol. The maximum atomic E-state index is 13.0. The van der Waals surface area contributed by atoms with Crippen LogP contribution in [0.15, 0.2) is 54.7 Å². The molecule has 1 unspecified atom stereocenters. The minimum Gasteiger partial charge on any atom is -0.343 e. The Morgan fingerprint density at radius 1 is 1.00 bits per heavy atom. The van der Waals surface area contributed by atoms with Gasteiger partial charge in [0.05, 0.1) is 11.7 Å². The summed E-state index contributed by atoms with van der Waals surface area (Å²) >= 11 is 0. The van der Waals surface area contributed by atoms with Gasteiger partial charge in [-0.3, -0.25) is 9.78 Å². The van der Waals surface area contributed by atoms with E-state index in [0.29, 0.717) is 25.9 Å². The Morgan fingerprint density at radius 2 is 1.68 bits per heavy atom. The fraction of sp³-hybridized carbons (Fsp3) is 0.409. The Labute approximate surface area is 166 Å². The van der Waals surface area contributed by atoms with E-state index in [1.807, 2.05) is 62.4 Å². The quantitative estimate of drug-likeness (QED) is 0.837. The van der Waals surface area contributed by atoms with Gasteiger partial charge in [0.15, 0.2) is 0 Å². The lowest BCUT2D eigenvalue weighted by Gasteiger charge is -2.32. The lowest BCUT2D eigenvalue weighted by atomic mass is 9.94. The zero-order valence-corrected chi connectivity index (χ0v) is 16.5. The number of piperidine rings is 1. The second kappa shape index (κ2) is 9.35. The van der Waals surface area contributed by atoms with Crippen LogP contribution in [0.1, 0.15) is 44.0 Å².